The smallest absolute Gasteiger partial charge is 0.326 e. The Labute approximate surface area is 120 Å². The number of carbonyl (C=O) groups excluding carboxylic acids is 1. The fourth-order valence-corrected chi connectivity index (χ4v) is 2.72. The number of thiophene rings is 1. The van der Waals surface area contributed by atoms with Crippen molar-refractivity contribution in [1.29, 1.82) is 0 Å². The van der Waals surface area contributed by atoms with Gasteiger partial charge in [-0.2, -0.15) is 23.1 Å². The van der Waals surface area contributed by atoms with E-state index in [1.165, 1.54) is 0 Å². The Kier molecular flexibility index (Phi) is 6.72. The van der Waals surface area contributed by atoms with Crippen molar-refractivity contribution in [1.82, 2.24) is 10.6 Å². The van der Waals surface area contributed by atoms with Crippen LogP contribution >= 0.6 is 23.1 Å². The predicted molar refractivity (Wildman–Crippen MR) is 78.8 cm³/mol. The normalized spacial score (nSPS) is 13.6. The van der Waals surface area contributed by atoms with Gasteiger partial charge in [0.05, 0.1) is 6.04 Å². The van der Waals surface area contributed by atoms with Gasteiger partial charge in [-0.25, -0.2) is 9.59 Å². The first-order chi connectivity index (χ1) is 9.04. The van der Waals surface area contributed by atoms with E-state index in [-0.39, 0.29) is 6.04 Å². The van der Waals surface area contributed by atoms with E-state index in [1.807, 2.05) is 30.0 Å². The topological polar surface area (TPSA) is 78.4 Å². The molecule has 0 aliphatic carbocycles. The zero-order valence-electron chi connectivity index (χ0n) is 10.9. The number of carboxylic acid groups (broad SMARTS) is 1. The molecule has 0 fully saturated rings. The van der Waals surface area contributed by atoms with Crippen LogP contribution in [-0.4, -0.2) is 35.2 Å². The molecule has 3 N–H and O–H groups in total. The van der Waals surface area contributed by atoms with E-state index in [4.69, 9.17) is 5.11 Å². The number of urea groups is 1. The quantitative estimate of drug-likeness (QED) is 0.722. The van der Waals surface area contributed by atoms with Crippen molar-refractivity contribution in [3.05, 3.63) is 22.4 Å². The van der Waals surface area contributed by atoms with Gasteiger partial charge in [-0.1, -0.05) is 0 Å². The van der Waals surface area contributed by atoms with E-state index >= 15 is 0 Å². The van der Waals surface area contributed by atoms with Crippen molar-refractivity contribution in [3.63, 3.8) is 0 Å². The third-order valence-corrected chi connectivity index (χ3v) is 3.95. The lowest BCUT2D eigenvalue weighted by atomic mass is 10.2. The van der Waals surface area contributed by atoms with Crippen LogP contribution in [-0.2, 0) is 4.79 Å². The number of rotatable bonds is 7. The first-order valence-electron chi connectivity index (χ1n) is 5.85. The average molecular weight is 302 g/mol. The summed E-state index contributed by atoms with van der Waals surface area (Å²) in [7, 11) is 0. The zero-order valence-corrected chi connectivity index (χ0v) is 12.5. The molecule has 0 saturated carbocycles. The van der Waals surface area contributed by atoms with Crippen LogP contribution in [0.15, 0.2) is 16.8 Å². The lowest BCUT2D eigenvalue weighted by Gasteiger charge is -2.17. The van der Waals surface area contributed by atoms with Crippen LogP contribution in [0.1, 0.15) is 24.9 Å². The molecular formula is C12H18N2O3S2. The van der Waals surface area contributed by atoms with Crippen LogP contribution in [0.4, 0.5) is 4.79 Å². The van der Waals surface area contributed by atoms with Gasteiger partial charge in [0.2, 0.25) is 0 Å². The number of amides is 2. The molecule has 0 aromatic carbocycles. The van der Waals surface area contributed by atoms with Gasteiger partial charge in [0.1, 0.15) is 6.04 Å². The molecule has 0 saturated heterocycles. The summed E-state index contributed by atoms with van der Waals surface area (Å²) in [6.07, 6.45) is 2.31. The number of hydrogen-bond donors (Lipinski definition) is 3. The highest BCUT2D eigenvalue weighted by Crippen LogP contribution is 2.15. The van der Waals surface area contributed by atoms with E-state index in [1.54, 1.807) is 23.1 Å². The van der Waals surface area contributed by atoms with Crippen molar-refractivity contribution in [3.8, 4) is 0 Å². The minimum atomic E-state index is -1.01. The standard InChI is InChI=1S/C12H18N2O3S2/c1-8(9-3-6-19-7-9)13-12(17)14-10(11(15)16)4-5-18-2/h3,6-8,10H,4-5H2,1-2H3,(H,15,16)(H2,13,14,17)/t8?,10-/m1/s1. The summed E-state index contributed by atoms with van der Waals surface area (Å²) < 4.78 is 0. The van der Waals surface area contributed by atoms with E-state index in [2.05, 4.69) is 10.6 Å². The minimum Gasteiger partial charge on any atom is -0.480 e. The number of carboxylic acids is 1. The number of aliphatic carboxylic acids is 1. The Hall–Kier alpha value is -1.21. The second-order valence-corrected chi connectivity index (χ2v) is 5.83. The lowest BCUT2D eigenvalue weighted by molar-refractivity contribution is -0.139. The molecule has 2 atom stereocenters. The molecule has 19 heavy (non-hydrogen) atoms. The maximum absolute atomic E-state index is 11.7. The Morgan fingerprint density at radius 1 is 1.47 bits per heavy atom. The maximum Gasteiger partial charge on any atom is 0.326 e. The van der Waals surface area contributed by atoms with E-state index < -0.39 is 18.0 Å². The molecule has 0 spiro atoms. The predicted octanol–water partition coefficient (Wildman–Crippen LogP) is 2.31. The summed E-state index contributed by atoms with van der Waals surface area (Å²) >= 11 is 3.11. The fraction of sp³-hybridized carbons (Fsp3) is 0.500. The second-order valence-electron chi connectivity index (χ2n) is 4.07. The Balaban J connectivity index is 2.46. The summed E-state index contributed by atoms with van der Waals surface area (Å²) in [5.74, 6) is -0.315. The summed E-state index contributed by atoms with van der Waals surface area (Å²) in [6, 6.07) is 0.494. The first kappa shape index (κ1) is 15.8. The van der Waals surface area contributed by atoms with Gasteiger partial charge in [0.25, 0.3) is 0 Å². The molecule has 0 aliphatic rings. The highest BCUT2D eigenvalue weighted by molar-refractivity contribution is 7.98. The van der Waals surface area contributed by atoms with Crippen molar-refractivity contribution >= 4 is 35.1 Å². The van der Waals surface area contributed by atoms with Gasteiger partial charge >= 0.3 is 12.0 Å². The molecule has 1 heterocycles. The minimum absolute atomic E-state index is 0.138. The zero-order chi connectivity index (χ0) is 14.3. The van der Waals surface area contributed by atoms with Gasteiger partial charge in [0.15, 0.2) is 0 Å². The van der Waals surface area contributed by atoms with Gasteiger partial charge in [0, 0.05) is 0 Å². The molecule has 5 nitrogen and oxygen atoms in total. The molecule has 2 amide bonds. The Bertz CT molecular complexity index is 409. The second kappa shape index (κ2) is 8.06. The highest BCUT2D eigenvalue weighted by Gasteiger charge is 2.20. The lowest BCUT2D eigenvalue weighted by Crippen LogP contribution is -2.46. The average Bonchev–Trinajstić information content (AvgIpc) is 2.87. The largest absolute Gasteiger partial charge is 0.480 e. The summed E-state index contributed by atoms with van der Waals surface area (Å²) in [6.45, 7) is 1.86. The van der Waals surface area contributed by atoms with E-state index in [0.29, 0.717) is 12.2 Å². The fourth-order valence-electron chi connectivity index (χ4n) is 1.49. The van der Waals surface area contributed by atoms with Crippen LogP contribution in [0, 0.1) is 0 Å². The number of hydrogen-bond acceptors (Lipinski definition) is 4. The van der Waals surface area contributed by atoms with Crippen molar-refractivity contribution < 1.29 is 14.7 Å². The van der Waals surface area contributed by atoms with Crippen LogP contribution in [0.25, 0.3) is 0 Å². The SMILES string of the molecule is CSCC[C@@H](NC(=O)NC(C)c1ccsc1)C(=O)O. The van der Waals surface area contributed by atoms with Crippen molar-refractivity contribution in [2.24, 2.45) is 0 Å². The molecule has 1 aromatic rings. The van der Waals surface area contributed by atoms with Crippen LogP contribution in [0.5, 0.6) is 0 Å². The van der Waals surface area contributed by atoms with Crippen LogP contribution < -0.4 is 10.6 Å². The van der Waals surface area contributed by atoms with Crippen LogP contribution in [0.2, 0.25) is 0 Å². The van der Waals surface area contributed by atoms with Gasteiger partial charge in [-0.3, -0.25) is 0 Å². The van der Waals surface area contributed by atoms with Gasteiger partial charge < -0.3 is 15.7 Å². The molecule has 1 unspecified atom stereocenters. The number of thioether (sulfide) groups is 1. The summed E-state index contributed by atoms with van der Waals surface area (Å²) in [5.41, 5.74) is 1.01. The van der Waals surface area contributed by atoms with Crippen molar-refractivity contribution in [2.45, 2.75) is 25.4 Å². The van der Waals surface area contributed by atoms with Crippen LogP contribution in [0.3, 0.4) is 0 Å². The van der Waals surface area contributed by atoms with Gasteiger partial charge in [-0.05, 0) is 47.7 Å². The monoisotopic (exact) mass is 302 g/mol. The Morgan fingerprint density at radius 2 is 2.21 bits per heavy atom. The number of nitrogens with one attached hydrogen (secondary N) is 2. The Morgan fingerprint density at radius 3 is 2.74 bits per heavy atom. The third-order valence-electron chi connectivity index (χ3n) is 2.60. The molecule has 7 heteroatoms. The highest BCUT2D eigenvalue weighted by atomic mass is 32.2. The first-order valence-corrected chi connectivity index (χ1v) is 8.19. The molecular weight excluding hydrogens is 284 g/mol. The molecule has 1 aromatic heterocycles. The summed E-state index contributed by atoms with van der Waals surface area (Å²) in [4.78, 5) is 22.7. The maximum atomic E-state index is 11.7. The molecule has 106 valence electrons. The van der Waals surface area contributed by atoms with Crippen molar-refractivity contribution in [2.75, 3.05) is 12.0 Å². The van der Waals surface area contributed by atoms with E-state index in [0.717, 1.165) is 5.56 Å². The number of carbonyl (C=O) groups is 2. The molecule has 0 aliphatic heterocycles. The molecule has 1 rings (SSSR count). The van der Waals surface area contributed by atoms with E-state index in [9.17, 15) is 9.59 Å². The third kappa shape index (κ3) is 5.52. The molecule has 0 radical (unpaired) electrons. The van der Waals surface area contributed by atoms with Gasteiger partial charge in [-0.15, -0.1) is 0 Å². The summed E-state index contributed by atoms with van der Waals surface area (Å²) in [5, 5.41) is 18.1. The molecule has 0 bridgehead atoms.